The van der Waals surface area contributed by atoms with Crippen molar-refractivity contribution in [2.45, 2.75) is 0 Å². The second kappa shape index (κ2) is 6.28. The Morgan fingerprint density at radius 2 is 1.36 bits per heavy atom. The normalized spacial score (nSPS) is 13.1. The predicted molar refractivity (Wildman–Crippen MR) is 103 cm³/mol. The van der Waals surface area contributed by atoms with Gasteiger partial charge in [0, 0.05) is 11.1 Å². The molecule has 0 atom stereocenters. The molecule has 0 unspecified atom stereocenters. The van der Waals surface area contributed by atoms with Gasteiger partial charge in [-0.1, -0.05) is 53.7 Å². The zero-order valence-corrected chi connectivity index (χ0v) is 14.6. The van der Waals surface area contributed by atoms with Gasteiger partial charge in [-0.3, -0.25) is 9.59 Å². The first-order valence-electron chi connectivity index (χ1n) is 8.70. The lowest BCUT2D eigenvalue weighted by Crippen LogP contribution is -2.29. The smallest absolute Gasteiger partial charge is 0.266 e. The SMILES string of the molecule is O=C1c2ccccc2C(=O)N1c1cccc(-c2nc(-c3ccccc3)no2)c1. The molecule has 3 aromatic carbocycles. The van der Waals surface area contributed by atoms with Crippen LogP contribution in [0.3, 0.4) is 0 Å². The zero-order valence-electron chi connectivity index (χ0n) is 14.6. The van der Waals surface area contributed by atoms with Crippen LogP contribution in [-0.4, -0.2) is 22.0 Å². The van der Waals surface area contributed by atoms with E-state index in [0.717, 1.165) is 5.56 Å². The summed E-state index contributed by atoms with van der Waals surface area (Å²) in [6.07, 6.45) is 0. The third kappa shape index (κ3) is 2.51. The van der Waals surface area contributed by atoms with Crippen LogP contribution >= 0.6 is 0 Å². The maximum Gasteiger partial charge on any atom is 0.266 e. The number of hydrogen-bond donors (Lipinski definition) is 0. The maximum atomic E-state index is 12.7. The number of amides is 2. The van der Waals surface area contributed by atoms with Crippen LogP contribution in [0.15, 0.2) is 83.4 Å². The van der Waals surface area contributed by atoms with E-state index in [1.54, 1.807) is 48.5 Å². The average molecular weight is 367 g/mol. The fraction of sp³-hybridized carbons (Fsp3) is 0. The molecule has 134 valence electrons. The topological polar surface area (TPSA) is 76.3 Å². The lowest BCUT2D eigenvalue weighted by atomic mass is 10.1. The summed E-state index contributed by atoms with van der Waals surface area (Å²) in [6.45, 7) is 0. The molecular formula is C22H13N3O3. The van der Waals surface area contributed by atoms with Gasteiger partial charge in [-0.05, 0) is 30.3 Å². The van der Waals surface area contributed by atoms with Crippen molar-refractivity contribution in [1.82, 2.24) is 10.1 Å². The number of fused-ring (bicyclic) bond motifs is 1. The molecule has 6 nitrogen and oxygen atoms in total. The Morgan fingerprint density at radius 3 is 2.07 bits per heavy atom. The van der Waals surface area contributed by atoms with Gasteiger partial charge in [0.1, 0.15) is 0 Å². The van der Waals surface area contributed by atoms with Gasteiger partial charge in [-0.2, -0.15) is 4.98 Å². The summed E-state index contributed by atoms with van der Waals surface area (Å²) in [6, 6.07) is 23.2. The molecule has 5 rings (SSSR count). The largest absolute Gasteiger partial charge is 0.334 e. The van der Waals surface area contributed by atoms with Crippen LogP contribution in [0.1, 0.15) is 20.7 Å². The van der Waals surface area contributed by atoms with Crippen molar-refractivity contribution in [1.29, 1.82) is 0 Å². The summed E-state index contributed by atoms with van der Waals surface area (Å²) in [5, 5.41) is 4.02. The number of imide groups is 1. The van der Waals surface area contributed by atoms with Crippen molar-refractivity contribution in [3.63, 3.8) is 0 Å². The molecule has 2 amide bonds. The summed E-state index contributed by atoms with van der Waals surface area (Å²) in [5.41, 5.74) is 2.74. The van der Waals surface area contributed by atoms with Gasteiger partial charge in [0.05, 0.1) is 16.8 Å². The van der Waals surface area contributed by atoms with E-state index in [9.17, 15) is 9.59 Å². The zero-order chi connectivity index (χ0) is 19.1. The van der Waals surface area contributed by atoms with Gasteiger partial charge in [0.25, 0.3) is 17.7 Å². The van der Waals surface area contributed by atoms with Crippen LogP contribution in [0.5, 0.6) is 0 Å². The molecule has 6 heteroatoms. The van der Waals surface area contributed by atoms with Crippen molar-refractivity contribution in [3.8, 4) is 22.8 Å². The second-order valence-corrected chi connectivity index (χ2v) is 6.33. The predicted octanol–water partition coefficient (Wildman–Crippen LogP) is 4.20. The average Bonchev–Trinajstić information content (AvgIpc) is 3.33. The van der Waals surface area contributed by atoms with Crippen LogP contribution in [0.25, 0.3) is 22.8 Å². The number of hydrogen-bond acceptors (Lipinski definition) is 5. The van der Waals surface area contributed by atoms with Crippen LogP contribution in [0.2, 0.25) is 0 Å². The number of aromatic nitrogens is 2. The second-order valence-electron chi connectivity index (χ2n) is 6.33. The van der Waals surface area contributed by atoms with E-state index in [1.165, 1.54) is 4.90 Å². The van der Waals surface area contributed by atoms with Gasteiger partial charge in [-0.25, -0.2) is 4.90 Å². The molecule has 0 fully saturated rings. The molecule has 4 aromatic rings. The van der Waals surface area contributed by atoms with E-state index < -0.39 is 0 Å². The van der Waals surface area contributed by atoms with Crippen LogP contribution in [0, 0.1) is 0 Å². The minimum Gasteiger partial charge on any atom is -0.334 e. The quantitative estimate of drug-likeness (QED) is 0.507. The van der Waals surface area contributed by atoms with E-state index >= 15 is 0 Å². The summed E-state index contributed by atoms with van der Waals surface area (Å²) in [5.74, 6) is 0.112. The summed E-state index contributed by atoms with van der Waals surface area (Å²) < 4.78 is 5.39. The van der Waals surface area contributed by atoms with Crippen molar-refractivity contribution in [2.24, 2.45) is 0 Å². The third-order valence-electron chi connectivity index (χ3n) is 4.60. The molecule has 28 heavy (non-hydrogen) atoms. The van der Waals surface area contributed by atoms with Gasteiger partial charge in [-0.15, -0.1) is 0 Å². The van der Waals surface area contributed by atoms with Crippen molar-refractivity contribution >= 4 is 17.5 Å². The Morgan fingerprint density at radius 1 is 0.714 bits per heavy atom. The molecule has 0 radical (unpaired) electrons. The molecule has 1 aliphatic rings. The molecule has 1 aliphatic heterocycles. The number of anilines is 1. The van der Waals surface area contributed by atoms with Gasteiger partial charge in [0.2, 0.25) is 5.82 Å². The van der Waals surface area contributed by atoms with Crippen molar-refractivity contribution in [3.05, 3.63) is 90.0 Å². The first kappa shape index (κ1) is 16.1. The van der Waals surface area contributed by atoms with Crippen LogP contribution in [0.4, 0.5) is 5.69 Å². The monoisotopic (exact) mass is 367 g/mol. The lowest BCUT2D eigenvalue weighted by molar-refractivity contribution is 0.0926. The van der Waals surface area contributed by atoms with Crippen LogP contribution in [-0.2, 0) is 0 Å². The number of carbonyl (C=O) groups is 2. The molecule has 0 aliphatic carbocycles. The first-order chi connectivity index (χ1) is 13.7. The Kier molecular flexibility index (Phi) is 3.62. The van der Waals surface area contributed by atoms with E-state index in [0.29, 0.717) is 34.1 Å². The fourth-order valence-corrected chi connectivity index (χ4v) is 3.25. The highest BCUT2D eigenvalue weighted by molar-refractivity contribution is 6.34. The third-order valence-corrected chi connectivity index (χ3v) is 4.60. The minimum atomic E-state index is -0.340. The molecule has 0 saturated heterocycles. The van der Waals surface area contributed by atoms with E-state index in [1.807, 2.05) is 30.3 Å². The lowest BCUT2D eigenvalue weighted by Gasteiger charge is -2.14. The Labute approximate surface area is 160 Å². The molecule has 0 N–H and O–H groups in total. The highest BCUT2D eigenvalue weighted by Crippen LogP contribution is 2.31. The summed E-state index contributed by atoms with van der Waals surface area (Å²) in [4.78, 5) is 31.0. The number of rotatable bonds is 3. The standard InChI is InChI=1S/C22H13N3O3/c26-21-17-11-4-5-12-18(17)22(27)25(21)16-10-6-9-15(13-16)20-23-19(24-28-20)14-7-2-1-3-8-14/h1-13H. The molecule has 0 spiro atoms. The number of benzene rings is 3. The van der Waals surface area contributed by atoms with E-state index in [4.69, 9.17) is 4.52 Å². The highest BCUT2D eigenvalue weighted by Gasteiger charge is 2.36. The molecule has 0 saturated carbocycles. The molecular weight excluding hydrogens is 354 g/mol. The summed E-state index contributed by atoms with van der Waals surface area (Å²) >= 11 is 0. The van der Waals surface area contributed by atoms with Crippen LogP contribution < -0.4 is 4.90 Å². The maximum absolute atomic E-state index is 12.7. The van der Waals surface area contributed by atoms with E-state index in [-0.39, 0.29) is 11.8 Å². The number of nitrogens with zero attached hydrogens (tertiary/aromatic N) is 3. The summed E-state index contributed by atoms with van der Waals surface area (Å²) in [7, 11) is 0. The van der Waals surface area contributed by atoms with Gasteiger partial charge < -0.3 is 4.52 Å². The minimum absolute atomic E-state index is 0.317. The van der Waals surface area contributed by atoms with Gasteiger partial charge >= 0.3 is 0 Å². The highest BCUT2D eigenvalue weighted by atomic mass is 16.5. The molecule has 2 heterocycles. The Balaban J connectivity index is 1.51. The van der Waals surface area contributed by atoms with Crippen molar-refractivity contribution < 1.29 is 14.1 Å². The Hall–Kier alpha value is -4.06. The van der Waals surface area contributed by atoms with Gasteiger partial charge in [0.15, 0.2) is 0 Å². The molecule has 0 bridgehead atoms. The van der Waals surface area contributed by atoms with E-state index in [2.05, 4.69) is 10.1 Å². The molecule has 1 aromatic heterocycles. The number of carbonyl (C=O) groups excluding carboxylic acids is 2. The van der Waals surface area contributed by atoms with Crippen molar-refractivity contribution in [2.75, 3.05) is 4.90 Å². The fourth-order valence-electron chi connectivity index (χ4n) is 3.25. The first-order valence-corrected chi connectivity index (χ1v) is 8.70. The Bertz CT molecular complexity index is 1180.